The molecule has 8 heteroatoms. The normalized spacial score (nSPS) is 10.8. The smallest absolute Gasteiger partial charge is 0.255 e. The van der Waals surface area contributed by atoms with Crippen LogP contribution >= 0.6 is 11.3 Å². The lowest BCUT2D eigenvalue weighted by molar-refractivity contribution is 0.102. The second-order valence-electron chi connectivity index (χ2n) is 6.80. The highest BCUT2D eigenvalue weighted by Gasteiger charge is 2.10. The zero-order valence-corrected chi connectivity index (χ0v) is 17.1. The van der Waals surface area contributed by atoms with E-state index in [4.69, 9.17) is 4.74 Å². The van der Waals surface area contributed by atoms with Crippen molar-refractivity contribution in [2.75, 3.05) is 5.32 Å². The molecular weight excluding hydrogens is 410 g/mol. The number of rotatable bonds is 6. The molecule has 0 radical (unpaired) electrons. The van der Waals surface area contributed by atoms with Gasteiger partial charge in [-0.05, 0) is 54.1 Å². The lowest BCUT2D eigenvalue weighted by atomic mass is 10.2. The van der Waals surface area contributed by atoms with Crippen LogP contribution in [0, 0.1) is 0 Å². The zero-order valence-electron chi connectivity index (χ0n) is 16.3. The van der Waals surface area contributed by atoms with Crippen molar-refractivity contribution in [2.24, 2.45) is 0 Å². The highest BCUT2D eigenvalue weighted by atomic mass is 32.1. The Hall–Kier alpha value is -4.04. The van der Waals surface area contributed by atoms with Gasteiger partial charge >= 0.3 is 0 Å². The number of ether oxygens (including phenoxy) is 1. The number of hydrogen-bond acceptors (Lipinski definition) is 6. The summed E-state index contributed by atoms with van der Waals surface area (Å²) in [6, 6.07) is 24.6. The van der Waals surface area contributed by atoms with Crippen molar-refractivity contribution in [2.45, 2.75) is 6.61 Å². The van der Waals surface area contributed by atoms with E-state index in [9.17, 15) is 4.79 Å². The molecule has 31 heavy (non-hydrogen) atoms. The Morgan fingerprint density at radius 1 is 0.968 bits per heavy atom. The molecule has 2 heterocycles. The fraction of sp³-hybridized carbons (Fsp3) is 0.0435. The van der Waals surface area contributed by atoms with Crippen molar-refractivity contribution in [1.82, 2.24) is 19.8 Å². The molecule has 0 saturated heterocycles. The molecule has 0 unspecified atom stereocenters. The first kappa shape index (κ1) is 19.0. The van der Waals surface area contributed by atoms with Gasteiger partial charge in [-0.15, -0.1) is 10.2 Å². The Labute approximate surface area is 182 Å². The predicted octanol–water partition coefficient (Wildman–Crippen LogP) is 4.68. The van der Waals surface area contributed by atoms with Gasteiger partial charge in [-0.3, -0.25) is 4.79 Å². The van der Waals surface area contributed by atoms with Crippen molar-refractivity contribution in [3.63, 3.8) is 0 Å². The molecule has 5 rings (SSSR count). The van der Waals surface area contributed by atoms with Crippen LogP contribution in [0.2, 0.25) is 0 Å². The topological polar surface area (TPSA) is 81.4 Å². The molecule has 0 aliphatic rings. The zero-order chi connectivity index (χ0) is 21.0. The van der Waals surface area contributed by atoms with Crippen molar-refractivity contribution in [3.8, 4) is 16.3 Å². The predicted molar refractivity (Wildman–Crippen MR) is 119 cm³/mol. The maximum atomic E-state index is 12.6. The van der Waals surface area contributed by atoms with Gasteiger partial charge in [-0.1, -0.05) is 41.7 Å². The molecule has 0 fully saturated rings. The number of fused-ring (bicyclic) bond motifs is 1. The minimum atomic E-state index is -0.179. The molecule has 0 atom stereocenters. The van der Waals surface area contributed by atoms with Crippen LogP contribution in [0.1, 0.15) is 15.9 Å². The molecule has 1 amide bonds. The summed E-state index contributed by atoms with van der Waals surface area (Å²) in [7, 11) is 0. The van der Waals surface area contributed by atoms with Crippen LogP contribution in [0.5, 0.6) is 5.75 Å². The lowest BCUT2D eigenvalue weighted by Crippen LogP contribution is -2.11. The quantitative estimate of drug-likeness (QED) is 0.425. The van der Waals surface area contributed by atoms with Gasteiger partial charge in [0.1, 0.15) is 23.7 Å². The summed E-state index contributed by atoms with van der Waals surface area (Å²) >= 11 is 1.46. The molecule has 7 nitrogen and oxygen atoms in total. The highest BCUT2D eigenvalue weighted by Crippen LogP contribution is 2.26. The van der Waals surface area contributed by atoms with E-state index < -0.39 is 0 Å². The molecule has 0 saturated carbocycles. The first-order valence-corrected chi connectivity index (χ1v) is 10.4. The number of amides is 1. The Kier molecular flexibility index (Phi) is 5.12. The minimum absolute atomic E-state index is 0.179. The number of nitrogens with zero attached hydrogens (tertiary/aromatic N) is 4. The number of nitrogens with one attached hydrogen (secondary N) is 1. The van der Waals surface area contributed by atoms with Gasteiger partial charge in [0.2, 0.25) is 4.96 Å². The van der Waals surface area contributed by atoms with Crippen LogP contribution in [0.25, 0.3) is 15.5 Å². The highest BCUT2D eigenvalue weighted by molar-refractivity contribution is 7.19. The maximum Gasteiger partial charge on any atom is 0.255 e. The van der Waals surface area contributed by atoms with Gasteiger partial charge in [0.15, 0.2) is 0 Å². The number of hydrogen-bond donors (Lipinski definition) is 1. The number of carbonyl (C=O) groups is 1. The van der Waals surface area contributed by atoms with Crippen LogP contribution in [-0.4, -0.2) is 25.7 Å². The summed E-state index contributed by atoms with van der Waals surface area (Å²) in [6.45, 7) is 0.486. The van der Waals surface area contributed by atoms with Gasteiger partial charge < -0.3 is 10.1 Å². The Bertz CT molecular complexity index is 1280. The summed E-state index contributed by atoms with van der Waals surface area (Å²) in [5, 5.41) is 16.0. The first-order chi connectivity index (χ1) is 15.2. The Balaban J connectivity index is 1.21. The van der Waals surface area contributed by atoms with Crippen LogP contribution in [0.3, 0.4) is 0 Å². The van der Waals surface area contributed by atoms with Gasteiger partial charge in [0.05, 0.1) is 0 Å². The van der Waals surface area contributed by atoms with Crippen LogP contribution in [0.15, 0.2) is 85.2 Å². The first-order valence-electron chi connectivity index (χ1n) is 9.60. The van der Waals surface area contributed by atoms with Gasteiger partial charge in [0, 0.05) is 16.8 Å². The molecule has 0 spiro atoms. The molecule has 5 aromatic rings. The Morgan fingerprint density at radius 2 is 1.74 bits per heavy atom. The standard InChI is InChI=1S/C23H17N5O2S/c29-21(17-8-12-20(13-9-17)30-14-16-4-2-1-3-5-16)25-19-10-6-18(7-11-19)22-27-28-15-24-26-23(28)31-22/h1-13,15H,14H2,(H,25,29). The summed E-state index contributed by atoms with van der Waals surface area (Å²) < 4.78 is 7.41. The van der Waals surface area contributed by atoms with E-state index in [1.54, 1.807) is 35.1 Å². The third-order valence-electron chi connectivity index (χ3n) is 4.64. The number of aromatic nitrogens is 4. The van der Waals surface area contributed by atoms with Crippen LogP contribution in [-0.2, 0) is 6.61 Å². The van der Waals surface area contributed by atoms with E-state index in [0.717, 1.165) is 26.8 Å². The third kappa shape index (κ3) is 4.29. The average Bonchev–Trinajstić information content (AvgIpc) is 3.42. The van der Waals surface area contributed by atoms with E-state index >= 15 is 0 Å². The summed E-state index contributed by atoms with van der Waals surface area (Å²) in [6.07, 6.45) is 1.57. The molecule has 2 aromatic heterocycles. The van der Waals surface area contributed by atoms with Crippen molar-refractivity contribution in [3.05, 3.63) is 96.3 Å². The second kappa shape index (κ2) is 8.37. The molecule has 0 aliphatic heterocycles. The van der Waals surface area contributed by atoms with E-state index in [2.05, 4.69) is 20.6 Å². The summed E-state index contributed by atoms with van der Waals surface area (Å²) in [4.78, 5) is 13.3. The second-order valence-corrected chi connectivity index (χ2v) is 7.75. The van der Waals surface area contributed by atoms with Crippen molar-refractivity contribution >= 4 is 27.9 Å². The number of carbonyl (C=O) groups excluding carboxylic acids is 1. The number of benzene rings is 3. The van der Waals surface area contributed by atoms with Gasteiger partial charge in [-0.2, -0.15) is 9.61 Å². The van der Waals surface area contributed by atoms with Crippen molar-refractivity contribution in [1.29, 1.82) is 0 Å². The van der Waals surface area contributed by atoms with Gasteiger partial charge in [-0.25, -0.2) is 0 Å². The molecule has 3 aromatic carbocycles. The van der Waals surface area contributed by atoms with Gasteiger partial charge in [0.25, 0.3) is 5.91 Å². The van der Waals surface area contributed by atoms with Crippen molar-refractivity contribution < 1.29 is 9.53 Å². The SMILES string of the molecule is O=C(Nc1ccc(-c2nn3cnnc3s2)cc1)c1ccc(OCc2ccccc2)cc1. The molecular formula is C23H17N5O2S. The fourth-order valence-corrected chi connectivity index (χ4v) is 3.84. The number of anilines is 1. The molecule has 0 aliphatic carbocycles. The summed E-state index contributed by atoms with van der Waals surface area (Å²) in [5.74, 6) is 0.538. The van der Waals surface area contributed by atoms with Crippen LogP contribution in [0.4, 0.5) is 5.69 Å². The van der Waals surface area contributed by atoms with Crippen LogP contribution < -0.4 is 10.1 Å². The monoisotopic (exact) mass is 427 g/mol. The summed E-state index contributed by atoms with van der Waals surface area (Å²) in [5.41, 5.74) is 3.32. The lowest BCUT2D eigenvalue weighted by Gasteiger charge is -2.08. The largest absolute Gasteiger partial charge is 0.489 e. The van der Waals surface area contributed by atoms with E-state index in [-0.39, 0.29) is 5.91 Å². The maximum absolute atomic E-state index is 12.6. The van der Waals surface area contributed by atoms with E-state index in [0.29, 0.717) is 17.9 Å². The van der Waals surface area contributed by atoms with E-state index in [1.165, 1.54) is 11.3 Å². The Morgan fingerprint density at radius 3 is 2.48 bits per heavy atom. The fourth-order valence-electron chi connectivity index (χ4n) is 3.02. The van der Waals surface area contributed by atoms with E-state index in [1.807, 2.05) is 54.6 Å². The molecule has 152 valence electrons. The molecule has 0 bridgehead atoms. The third-order valence-corrected chi connectivity index (χ3v) is 5.60. The minimum Gasteiger partial charge on any atom is -0.489 e. The average molecular weight is 427 g/mol. The molecule has 1 N–H and O–H groups in total.